The summed E-state index contributed by atoms with van der Waals surface area (Å²) in [6, 6.07) is 2.90. The zero-order valence-corrected chi connectivity index (χ0v) is 9.58. The van der Waals surface area contributed by atoms with Gasteiger partial charge in [0.05, 0.1) is 0 Å². The largest absolute Gasteiger partial charge is 0.405 e. The zero-order chi connectivity index (χ0) is 13.1. The molecule has 0 bridgehead atoms. The summed E-state index contributed by atoms with van der Waals surface area (Å²) in [5, 5.41) is 1.85. The van der Waals surface area contributed by atoms with E-state index in [-0.39, 0.29) is 0 Å². The number of alkyl halides is 3. The standard InChI is InChI=1S/C11H13F3N2O/c1-8-3-5-16(6-4-8)9(2)10(17)15-7-11(12,13)14/h3-6,9H,7H2,1-2H3/p+1/t9-/m1/s1. The second-order valence-corrected chi connectivity index (χ2v) is 3.83. The smallest absolute Gasteiger partial charge is 0.341 e. The van der Waals surface area contributed by atoms with Gasteiger partial charge in [0.2, 0.25) is 6.04 Å². The van der Waals surface area contributed by atoms with Crippen molar-refractivity contribution < 1.29 is 22.5 Å². The maximum absolute atomic E-state index is 11.9. The van der Waals surface area contributed by atoms with Crippen LogP contribution < -0.4 is 9.88 Å². The van der Waals surface area contributed by atoms with Crippen LogP contribution in [0, 0.1) is 6.92 Å². The van der Waals surface area contributed by atoms with Crippen molar-refractivity contribution in [2.75, 3.05) is 6.54 Å². The summed E-state index contributed by atoms with van der Waals surface area (Å²) in [6.45, 7) is 2.13. The Morgan fingerprint density at radius 2 is 1.94 bits per heavy atom. The fraction of sp³-hybridized carbons (Fsp3) is 0.455. The van der Waals surface area contributed by atoms with Gasteiger partial charge >= 0.3 is 6.18 Å². The van der Waals surface area contributed by atoms with E-state index in [9.17, 15) is 18.0 Å². The fourth-order valence-corrected chi connectivity index (χ4v) is 1.24. The molecule has 0 aliphatic heterocycles. The molecular formula is C11H14F3N2O+. The van der Waals surface area contributed by atoms with Crippen LogP contribution >= 0.6 is 0 Å². The number of pyridine rings is 1. The minimum Gasteiger partial charge on any atom is -0.341 e. The number of nitrogens with one attached hydrogen (secondary N) is 1. The second-order valence-electron chi connectivity index (χ2n) is 3.83. The van der Waals surface area contributed by atoms with Crippen molar-refractivity contribution in [3.63, 3.8) is 0 Å². The molecule has 1 aromatic rings. The Morgan fingerprint density at radius 1 is 1.41 bits per heavy atom. The van der Waals surface area contributed by atoms with Crippen molar-refractivity contribution in [1.29, 1.82) is 0 Å². The summed E-state index contributed by atoms with van der Waals surface area (Å²) in [5.41, 5.74) is 1.02. The minimum absolute atomic E-state index is 0.656. The normalized spacial score (nSPS) is 13.2. The van der Waals surface area contributed by atoms with Gasteiger partial charge in [-0.1, -0.05) is 0 Å². The third-order valence-electron chi connectivity index (χ3n) is 2.31. The average Bonchev–Trinajstić information content (AvgIpc) is 2.25. The fourth-order valence-electron chi connectivity index (χ4n) is 1.24. The number of aryl methyl sites for hydroxylation is 1. The van der Waals surface area contributed by atoms with Crippen molar-refractivity contribution in [2.45, 2.75) is 26.1 Å². The molecular weight excluding hydrogens is 233 g/mol. The summed E-state index contributed by atoms with van der Waals surface area (Å²) in [7, 11) is 0. The summed E-state index contributed by atoms with van der Waals surface area (Å²) >= 11 is 0. The molecule has 17 heavy (non-hydrogen) atoms. The highest BCUT2D eigenvalue weighted by Gasteiger charge is 2.30. The van der Waals surface area contributed by atoms with E-state index in [4.69, 9.17) is 0 Å². The Bertz CT molecular complexity index is 387. The predicted octanol–water partition coefficient (Wildman–Crippen LogP) is 1.52. The number of halogens is 3. The maximum atomic E-state index is 11.9. The summed E-state index contributed by atoms with van der Waals surface area (Å²) in [6.07, 6.45) is -1.06. The van der Waals surface area contributed by atoms with Gasteiger partial charge in [0.1, 0.15) is 6.54 Å². The van der Waals surface area contributed by atoms with E-state index < -0.39 is 24.7 Å². The first-order chi connectivity index (χ1) is 7.79. The lowest BCUT2D eigenvalue weighted by Crippen LogP contribution is -2.48. The third kappa shape index (κ3) is 4.42. The van der Waals surface area contributed by atoms with E-state index in [1.165, 1.54) is 0 Å². The molecule has 1 amide bonds. The number of carbonyl (C=O) groups is 1. The van der Waals surface area contributed by atoms with Crippen molar-refractivity contribution in [3.05, 3.63) is 30.1 Å². The number of hydrogen-bond acceptors (Lipinski definition) is 1. The van der Waals surface area contributed by atoms with Gasteiger partial charge < -0.3 is 5.32 Å². The van der Waals surface area contributed by atoms with E-state index >= 15 is 0 Å². The number of hydrogen-bond donors (Lipinski definition) is 1. The maximum Gasteiger partial charge on any atom is 0.405 e. The number of carbonyl (C=O) groups excluding carboxylic acids is 1. The van der Waals surface area contributed by atoms with Crippen LogP contribution in [0.2, 0.25) is 0 Å². The first kappa shape index (κ1) is 13.5. The van der Waals surface area contributed by atoms with Gasteiger partial charge in [-0.2, -0.15) is 17.7 Å². The van der Waals surface area contributed by atoms with Gasteiger partial charge in [-0.3, -0.25) is 4.79 Å². The van der Waals surface area contributed by atoms with Crippen LogP contribution in [0.15, 0.2) is 24.5 Å². The van der Waals surface area contributed by atoms with Gasteiger partial charge in [0.15, 0.2) is 12.4 Å². The van der Waals surface area contributed by atoms with Gasteiger partial charge in [-0.05, 0) is 12.5 Å². The predicted molar refractivity (Wildman–Crippen MR) is 55.1 cm³/mol. The van der Waals surface area contributed by atoms with Gasteiger partial charge in [-0.25, -0.2) is 0 Å². The van der Waals surface area contributed by atoms with Crippen LogP contribution in [0.1, 0.15) is 18.5 Å². The van der Waals surface area contributed by atoms with E-state index in [0.29, 0.717) is 0 Å². The molecule has 1 atom stereocenters. The topological polar surface area (TPSA) is 33.0 Å². The molecule has 3 nitrogen and oxygen atoms in total. The van der Waals surface area contributed by atoms with Crippen molar-refractivity contribution in [1.82, 2.24) is 5.32 Å². The molecule has 94 valence electrons. The Hall–Kier alpha value is -1.59. The lowest BCUT2D eigenvalue weighted by Gasteiger charge is -2.10. The quantitative estimate of drug-likeness (QED) is 0.807. The van der Waals surface area contributed by atoms with Crippen LogP contribution in [-0.2, 0) is 4.79 Å². The Morgan fingerprint density at radius 3 is 2.41 bits per heavy atom. The molecule has 1 heterocycles. The molecule has 0 radical (unpaired) electrons. The minimum atomic E-state index is -4.38. The van der Waals surface area contributed by atoms with Gasteiger partial charge in [-0.15, -0.1) is 0 Å². The second kappa shape index (κ2) is 5.16. The number of amides is 1. The molecule has 1 rings (SSSR count). The van der Waals surface area contributed by atoms with Crippen molar-refractivity contribution in [3.8, 4) is 0 Å². The molecule has 6 heteroatoms. The lowest BCUT2D eigenvalue weighted by molar-refractivity contribution is -0.706. The highest BCUT2D eigenvalue weighted by atomic mass is 19.4. The van der Waals surface area contributed by atoms with E-state index in [1.54, 1.807) is 36.0 Å². The Balaban J connectivity index is 2.61. The average molecular weight is 247 g/mol. The highest BCUT2D eigenvalue weighted by Crippen LogP contribution is 2.12. The molecule has 0 aliphatic rings. The van der Waals surface area contributed by atoms with E-state index in [2.05, 4.69) is 0 Å². The van der Waals surface area contributed by atoms with Crippen LogP contribution in [-0.4, -0.2) is 18.6 Å². The zero-order valence-electron chi connectivity index (χ0n) is 9.58. The van der Waals surface area contributed by atoms with E-state index in [0.717, 1.165) is 5.56 Å². The van der Waals surface area contributed by atoms with Crippen LogP contribution in [0.3, 0.4) is 0 Å². The monoisotopic (exact) mass is 247 g/mol. The first-order valence-corrected chi connectivity index (χ1v) is 5.11. The molecule has 0 saturated carbocycles. The Kier molecular flexibility index (Phi) is 4.09. The highest BCUT2D eigenvalue weighted by molar-refractivity contribution is 5.78. The number of aromatic nitrogens is 1. The summed E-state index contributed by atoms with van der Waals surface area (Å²) < 4.78 is 37.3. The van der Waals surface area contributed by atoms with Crippen molar-refractivity contribution in [2.24, 2.45) is 0 Å². The summed E-state index contributed by atoms with van der Waals surface area (Å²) in [4.78, 5) is 11.4. The van der Waals surface area contributed by atoms with Gasteiger partial charge in [0, 0.05) is 19.1 Å². The summed E-state index contributed by atoms with van der Waals surface area (Å²) in [5.74, 6) is -0.656. The number of nitrogens with zero attached hydrogens (tertiary/aromatic N) is 1. The SMILES string of the molecule is Cc1cc[n+]([C@H](C)C(=O)NCC(F)(F)F)cc1. The van der Waals surface area contributed by atoms with Crippen molar-refractivity contribution >= 4 is 5.91 Å². The van der Waals surface area contributed by atoms with Gasteiger partial charge in [0.25, 0.3) is 5.91 Å². The molecule has 0 saturated heterocycles. The van der Waals surface area contributed by atoms with Crippen LogP contribution in [0.5, 0.6) is 0 Å². The molecule has 0 unspecified atom stereocenters. The first-order valence-electron chi connectivity index (χ1n) is 5.11. The molecule has 1 N–H and O–H groups in total. The van der Waals surface area contributed by atoms with Crippen LogP contribution in [0.4, 0.5) is 13.2 Å². The molecule has 0 spiro atoms. The molecule has 1 aromatic heterocycles. The molecule has 0 fully saturated rings. The number of rotatable bonds is 3. The third-order valence-corrected chi connectivity index (χ3v) is 2.31. The Labute approximate surface area is 97.3 Å². The van der Waals surface area contributed by atoms with Crippen LogP contribution in [0.25, 0.3) is 0 Å². The lowest BCUT2D eigenvalue weighted by atomic mass is 10.2. The van der Waals surface area contributed by atoms with E-state index in [1.807, 2.05) is 12.2 Å². The molecule has 0 aromatic carbocycles. The molecule has 0 aliphatic carbocycles.